The van der Waals surface area contributed by atoms with E-state index in [0.29, 0.717) is 61.1 Å². The average molecular weight is 529 g/mol. The first-order valence-corrected chi connectivity index (χ1v) is 13.0. The maximum absolute atomic E-state index is 13.3. The Bertz CT molecular complexity index is 1420. The molecule has 2 aliphatic rings. The number of ketones is 1. The summed E-state index contributed by atoms with van der Waals surface area (Å²) in [5, 5.41) is 11.5. The quantitative estimate of drug-likeness (QED) is 0.252. The monoisotopic (exact) mass is 528 g/mol. The predicted molar refractivity (Wildman–Crippen MR) is 148 cm³/mol. The molecule has 1 N–H and O–H groups in total. The topological polar surface area (TPSA) is 88.5 Å². The number of rotatable bonds is 8. The Hall–Kier alpha value is -4.46. The van der Waals surface area contributed by atoms with Gasteiger partial charge in [-0.1, -0.05) is 43.3 Å². The third kappa shape index (κ3) is 5.02. The summed E-state index contributed by atoms with van der Waals surface area (Å²) in [5.74, 6) is 0.149. The number of carbonyl (C=O) groups excluding carboxylic acids is 2. The fourth-order valence-electron chi connectivity index (χ4n) is 5.06. The maximum Gasteiger partial charge on any atom is 0.295 e. The maximum atomic E-state index is 13.3. The zero-order valence-electron chi connectivity index (χ0n) is 22.3. The first-order valence-electron chi connectivity index (χ1n) is 13.0. The van der Waals surface area contributed by atoms with Crippen LogP contribution in [0.25, 0.3) is 5.76 Å². The van der Waals surface area contributed by atoms with Crippen LogP contribution >= 0.6 is 0 Å². The molecule has 0 saturated carbocycles. The number of hydrogen-bond acceptors (Lipinski definition) is 7. The molecule has 3 aromatic rings. The van der Waals surface area contributed by atoms with Crippen molar-refractivity contribution < 1.29 is 28.9 Å². The first-order chi connectivity index (χ1) is 18.9. The van der Waals surface area contributed by atoms with Crippen molar-refractivity contribution in [2.24, 2.45) is 0 Å². The SMILES string of the molecule is CCCN1C(=O)C(=O)/C(=C(/O)c2ccc3c(c2)N(C)CCO3)C1c1ccc(OCc2ccccc2)c(OC)c1. The number of ether oxygens (including phenoxy) is 3. The molecule has 1 amide bonds. The van der Waals surface area contributed by atoms with Crippen molar-refractivity contribution in [1.29, 1.82) is 0 Å². The van der Waals surface area contributed by atoms with Gasteiger partial charge in [0, 0.05) is 19.2 Å². The second kappa shape index (κ2) is 11.1. The smallest absolute Gasteiger partial charge is 0.295 e. The normalized spacial score (nSPS) is 18.1. The highest BCUT2D eigenvalue weighted by Crippen LogP contribution is 2.43. The van der Waals surface area contributed by atoms with Crippen LogP contribution in [0.3, 0.4) is 0 Å². The van der Waals surface area contributed by atoms with Gasteiger partial charge in [-0.15, -0.1) is 0 Å². The molecular weight excluding hydrogens is 496 g/mol. The number of likely N-dealkylation sites (tertiary alicyclic amines) is 1. The summed E-state index contributed by atoms with van der Waals surface area (Å²) in [6, 6.07) is 19.6. The summed E-state index contributed by atoms with van der Waals surface area (Å²) in [6.45, 7) is 3.94. The lowest BCUT2D eigenvalue weighted by atomic mass is 9.94. The van der Waals surface area contributed by atoms with Gasteiger partial charge >= 0.3 is 0 Å². The van der Waals surface area contributed by atoms with Gasteiger partial charge in [-0.05, 0) is 47.9 Å². The second-order valence-corrected chi connectivity index (χ2v) is 9.63. The molecule has 0 aromatic heterocycles. The number of methoxy groups -OCH3 is 1. The van der Waals surface area contributed by atoms with Crippen molar-refractivity contribution in [2.45, 2.75) is 26.0 Å². The number of aliphatic hydroxyl groups excluding tert-OH is 1. The van der Waals surface area contributed by atoms with E-state index < -0.39 is 17.7 Å². The molecule has 0 radical (unpaired) electrons. The Balaban J connectivity index is 1.55. The fraction of sp³-hybridized carbons (Fsp3) is 0.290. The molecule has 0 spiro atoms. The first kappa shape index (κ1) is 26.2. The Kier molecular flexibility index (Phi) is 7.45. The van der Waals surface area contributed by atoms with E-state index >= 15 is 0 Å². The van der Waals surface area contributed by atoms with Crippen molar-refractivity contribution in [2.75, 3.05) is 38.8 Å². The highest BCUT2D eigenvalue weighted by Gasteiger charge is 2.46. The molecule has 1 fully saturated rings. The van der Waals surface area contributed by atoms with Gasteiger partial charge in [-0.3, -0.25) is 9.59 Å². The number of carbonyl (C=O) groups is 2. The summed E-state index contributed by atoms with van der Waals surface area (Å²) in [5.41, 5.74) is 2.96. The fourth-order valence-corrected chi connectivity index (χ4v) is 5.06. The number of nitrogens with zero attached hydrogens (tertiary/aromatic N) is 2. The Labute approximate surface area is 228 Å². The van der Waals surface area contributed by atoms with Crippen LogP contribution in [0, 0.1) is 0 Å². The van der Waals surface area contributed by atoms with Crippen molar-refractivity contribution in [3.05, 3.63) is 89.0 Å². The van der Waals surface area contributed by atoms with E-state index in [2.05, 4.69) is 0 Å². The molecule has 39 heavy (non-hydrogen) atoms. The number of benzene rings is 3. The molecule has 202 valence electrons. The van der Waals surface area contributed by atoms with Crippen molar-refractivity contribution in [1.82, 2.24) is 4.90 Å². The highest BCUT2D eigenvalue weighted by atomic mass is 16.5. The largest absolute Gasteiger partial charge is 0.507 e. The number of hydrogen-bond donors (Lipinski definition) is 1. The van der Waals surface area contributed by atoms with Crippen LogP contribution in [-0.4, -0.2) is 55.6 Å². The van der Waals surface area contributed by atoms with E-state index in [0.717, 1.165) is 11.3 Å². The molecule has 2 aliphatic heterocycles. The third-order valence-corrected chi connectivity index (χ3v) is 7.07. The van der Waals surface area contributed by atoms with Crippen LogP contribution in [-0.2, 0) is 16.2 Å². The van der Waals surface area contributed by atoms with E-state index in [1.54, 1.807) is 37.4 Å². The van der Waals surface area contributed by atoms with Gasteiger partial charge in [0.05, 0.1) is 31.0 Å². The summed E-state index contributed by atoms with van der Waals surface area (Å²) in [7, 11) is 3.49. The number of aliphatic hydroxyl groups is 1. The lowest BCUT2D eigenvalue weighted by molar-refractivity contribution is -0.139. The summed E-state index contributed by atoms with van der Waals surface area (Å²) < 4.78 is 17.4. The summed E-state index contributed by atoms with van der Waals surface area (Å²) in [4.78, 5) is 30.0. The average Bonchev–Trinajstić information content (AvgIpc) is 3.21. The Morgan fingerprint density at radius 3 is 2.59 bits per heavy atom. The van der Waals surface area contributed by atoms with E-state index in [-0.39, 0.29) is 11.3 Å². The van der Waals surface area contributed by atoms with E-state index in [1.807, 2.05) is 55.3 Å². The van der Waals surface area contributed by atoms with Crippen LogP contribution < -0.4 is 19.1 Å². The number of anilines is 1. The van der Waals surface area contributed by atoms with Crippen LogP contribution in [0.5, 0.6) is 17.2 Å². The van der Waals surface area contributed by atoms with Gasteiger partial charge in [-0.25, -0.2) is 0 Å². The molecule has 8 heteroatoms. The van der Waals surface area contributed by atoms with Crippen molar-refractivity contribution >= 4 is 23.1 Å². The molecule has 2 heterocycles. The van der Waals surface area contributed by atoms with Crippen molar-refractivity contribution in [3.8, 4) is 17.2 Å². The van der Waals surface area contributed by atoms with Gasteiger partial charge in [0.15, 0.2) is 11.5 Å². The molecular formula is C31H32N2O6. The summed E-state index contributed by atoms with van der Waals surface area (Å²) >= 11 is 0. The lowest BCUT2D eigenvalue weighted by Gasteiger charge is -2.28. The second-order valence-electron chi connectivity index (χ2n) is 9.63. The lowest BCUT2D eigenvalue weighted by Crippen LogP contribution is -2.30. The minimum absolute atomic E-state index is 0.0489. The van der Waals surface area contributed by atoms with Gasteiger partial charge in [0.1, 0.15) is 24.7 Å². The number of likely N-dealkylation sites (N-methyl/N-ethyl adjacent to an activating group) is 1. The molecule has 0 bridgehead atoms. The molecule has 3 aromatic carbocycles. The van der Waals surface area contributed by atoms with Crippen LogP contribution in [0.4, 0.5) is 5.69 Å². The van der Waals surface area contributed by atoms with E-state index in [9.17, 15) is 14.7 Å². The van der Waals surface area contributed by atoms with Gasteiger partial charge in [0.25, 0.3) is 11.7 Å². The zero-order chi connectivity index (χ0) is 27.5. The molecule has 1 atom stereocenters. The number of fused-ring (bicyclic) bond motifs is 1. The molecule has 0 aliphatic carbocycles. The van der Waals surface area contributed by atoms with Gasteiger partial charge < -0.3 is 29.1 Å². The Morgan fingerprint density at radius 2 is 1.85 bits per heavy atom. The minimum Gasteiger partial charge on any atom is -0.507 e. The molecule has 1 unspecified atom stereocenters. The van der Waals surface area contributed by atoms with Gasteiger partial charge in [-0.2, -0.15) is 0 Å². The highest BCUT2D eigenvalue weighted by molar-refractivity contribution is 6.46. The predicted octanol–water partition coefficient (Wildman–Crippen LogP) is 4.93. The van der Waals surface area contributed by atoms with E-state index in [4.69, 9.17) is 14.2 Å². The molecule has 8 nitrogen and oxygen atoms in total. The third-order valence-electron chi connectivity index (χ3n) is 7.07. The molecule has 5 rings (SSSR count). The minimum atomic E-state index is -0.771. The standard InChI is InChI=1S/C31H32N2O6/c1-4-14-33-28(21-10-13-25(26(18-21)37-3)39-19-20-8-6-5-7-9-20)27(30(35)31(33)36)29(34)22-11-12-24-23(17-22)32(2)15-16-38-24/h5-13,17-18,28,34H,4,14-16,19H2,1-3H3/b29-27+. The number of Topliss-reactive ketones (excluding diaryl/α,β-unsaturated/α-hetero) is 1. The summed E-state index contributed by atoms with van der Waals surface area (Å²) in [6.07, 6.45) is 0.653. The Morgan fingerprint density at radius 1 is 1.05 bits per heavy atom. The van der Waals surface area contributed by atoms with Crippen LogP contribution in [0.15, 0.2) is 72.3 Å². The van der Waals surface area contributed by atoms with Crippen molar-refractivity contribution in [3.63, 3.8) is 0 Å². The zero-order valence-corrected chi connectivity index (χ0v) is 22.3. The molecule has 1 saturated heterocycles. The number of amides is 1. The van der Waals surface area contributed by atoms with Gasteiger partial charge in [0.2, 0.25) is 0 Å². The van der Waals surface area contributed by atoms with E-state index in [1.165, 1.54) is 4.90 Å². The van der Waals surface area contributed by atoms with Crippen LogP contribution in [0.1, 0.15) is 36.1 Å². The van der Waals surface area contributed by atoms with Crippen LogP contribution in [0.2, 0.25) is 0 Å².